The molecule has 0 amide bonds. The van der Waals surface area contributed by atoms with E-state index in [0.29, 0.717) is 31.4 Å². The maximum Gasteiger partial charge on any atom is 0.419 e. The molecule has 16 heteroatoms. The van der Waals surface area contributed by atoms with E-state index in [2.05, 4.69) is 35.5 Å². The van der Waals surface area contributed by atoms with Crippen LogP contribution in [0.1, 0.15) is 30.5 Å². The highest BCUT2D eigenvalue weighted by Gasteiger charge is 2.44. The lowest BCUT2D eigenvalue weighted by molar-refractivity contribution is -0.139. The molecule has 0 atom stereocenters. The Morgan fingerprint density at radius 3 is 2.61 bits per heavy atom. The first-order valence-electron chi connectivity index (χ1n) is 8.67. The second kappa shape index (κ2) is 8.27. The van der Waals surface area contributed by atoms with Crippen LogP contribution in [-0.2, 0) is 16.4 Å². The lowest BCUT2D eigenvalue weighted by Crippen LogP contribution is -2.42. The summed E-state index contributed by atoms with van der Waals surface area (Å²) in [6.45, 7) is 0.192. The number of hydrogen-bond acceptors (Lipinski definition) is 8. The third kappa shape index (κ3) is 5.80. The van der Waals surface area contributed by atoms with E-state index < -0.39 is 39.1 Å². The zero-order chi connectivity index (χ0) is 22.9. The molecule has 3 rings (SSSR count). The first kappa shape index (κ1) is 22.7. The fourth-order valence-corrected chi connectivity index (χ4v) is 3.73. The number of anilines is 2. The van der Waals surface area contributed by atoms with Gasteiger partial charge in [0.2, 0.25) is 11.7 Å². The Bertz CT molecular complexity index is 1080. The molecule has 1 aromatic carbocycles. The van der Waals surface area contributed by atoms with Gasteiger partial charge in [0.25, 0.3) is 10.2 Å². The fraction of sp³-hybridized carbons (Fsp3) is 0.400. The molecule has 11 nitrogen and oxygen atoms in total. The molecule has 1 fully saturated rings. The molecule has 1 aliphatic carbocycles. The van der Waals surface area contributed by atoms with Gasteiger partial charge in [-0.15, -0.1) is 0 Å². The molecule has 2 aromatic rings. The van der Waals surface area contributed by atoms with Gasteiger partial charge in [0.1, 0.15) is 5.82 Å². The topological polar surface area (TPSA) is 168 Å². The quantitative estimate of drug-likeness (QED) is 0.128. The van der Waals surface area contributed by atoms with E-state index in [1.165, 1.54) is 0 Å². The van der Waals surface area contributed by atoms with Crippen LogP contribution in [0.25, 0.3) is 0 Å². The van der Waals surface area contributed by atoms with E-state index in [1.54, 1.807) is 0 Å². The predicted octanol–water partition coefficient (Wildman–Crippen LogP) is 1.60. The maximum atomic E-state index is 13.4. The van der Waals surface area contributed by atoms with Gasteiger partial charge in [-0.25, -0.2) is 14.2 Å². The number of alkyl halides is 3. The van der Waals surface area contributed by atoms with Crippen LogP contribution < -0.4 is 20.5 Å². The number of rotatable bonds is 8. The molecule has 6 N–H and O–H groups in total. The Morgan fingerprint density at radius 1 is 1.32 bits per heavy atom. The van der Waals surface area contributed by atoms with E-state index in [1.807, 2.05) is 0 Å². The zero-order valence-corrected chi connectivity index (χ0v) is 16.4. The highest BCUT2D eigenvalue weighted by molar-refractivity contribution is 7.87. The van der Waals surface area contributed by atoms with Crippen molar-refractivity contribution in [3.63, 3.8) is 0 Å². The van der Waals surface area contributed by atoms with Crippen molar-refractivity contribution >= 4 is 27.6 Å². The number of hydrogen-bond donors (Lipinski definition) is 5. The van der Waals surface area contributed by atoms with Gasteiger partial charge in [0, 0.05) is 17.8 Å². The minimum absolute atomic E-state index is 0.0233. The summed E-state index contributed by atoms with van der Waals surface area (Å²) in [5, 5.41) is 29.5. The highest BCUT2D eigenvalue weighted by atomic mass is 32.2. The number of nitrogens with one attached hydrogen (secondary N) is 3. The van der Waals surface area contributed by atoms with Gasteiger partial charge in [-0.3, -0.25) is 0 Å². The Labute approximate surface area is 172 Å². The number of nitrogens with zero attached hydrogens (tertiary/aromatic N) is 3. The average molecular weight is 467 g/mol. The maximum absolute atomic E-state index is 13.4. The molecule has 1 saturated carbocycles. The number of aromatic nitrogens is 2. The van der Waals surface area contributed by atoms with Crippen LogP contribution >= 0.6 is 0 Å². The average Bonchev–Trinajstić information content (AvgIpc) is 3.23. The lowest BCUT2D eigenvalue weighted by Gasteiger charge is -2.15. The summed E-state index contributed by atoms with van der Waals surface area (Å²) < 4.78 is 81.4. The molecule has 1 aromatic heterocycles. The van der Waals surface area contributed by atoms with Crippen molar-refractivity contribution in [2.75, 3.05) is 17.2 Å². The minimum atomic E-state index is -4.93. The van der Waals surface area contributed by atoms with Gasteiger partial charge in [-0.2, -0.15) is 26.3 Å². The van der Waals surface area contributed by atoms with Crippen LogP contribution in [0.3, 0.4) is 0 Å². The van der Waals surface area contributed by atoms with Crippen LogP contribution in [0.4, 0.5) is 29.1 Å². The summed E-state index contributed by atoms with van der Waals surface area (Å²) in [5.74, 6) is -1.91. The zero-order valence-electron chi connectivity index (χ0n) is 15.6. The molecule has 0 unspecified atom stereocenters. The van der Waals surface area contributed by atoms with Crippen LogP contribution in [0.5, 0.6) is 0 Å². The molecule has 31 heavy (non-hydrogen) atoms. The van der Waals surface area contributed by atoms with Gasteiger partial charge < -0.3 is 15.8 Å². The molecule has 0 spiro atoms. The third-order valence-corrected chi connectivity index (χ3v) is 5.17. The molecule has 1 aliphatic rings. The normalized spacial score (nSPS) is 16.2. The van der Waals surface area contributed by atoms with Crippen molar-refractivity contribution in [3.05, 3.63) is 35.3 Å². The van der Waals surface area contributed by atoms with E-state index in [0.717, 1.165) is 6.07 Å². The van der Waals surface area contributed by atoms with E-state index in [4.69, 9.17) is 5.14 Å². The van der Waals surface area contributed by atoms with Crippen molar-refractivity contribution in [1.29, 1.82) is 0 Å². The van der Waals surface area contributed by atoms with Gasteiger partial charge in [0.15, 0.2) is 5.69 Å². The summed E-state index contributed by atoms with van der Waals surface area (Å²) in [6.07, 6.45) is -3.41. The largest absolute Gasteiger partial charge is 0.419 e. The minimum Gasteiger partial charge on any atom is -0.409 e. The van der Waals surface area contributed by atoms with E-state index >= 15 is 0 Å². The molecule has 0 radical (unpaired) electrons. The Balaban J connectivity index is 1.69. The molecule has 0 aliphatic heterocycles. The van der Waals surface area contributed by atoms with Crippen molar-refractivity contribution < 1.29 is 35.8 Å². The molecule has 0 bridgehead atoms. The Hall–Kier alpha value is -2.98. The summed E-state index contributed by atoms with van der Waals surface area (Å²) in [6, 6.07) is 2.11. The van der Waals surface area contributed by atoms with Crippen molar-refractivity contribution in [3.8, 4) is 0 Å². The monoisotopic (exact) mass is 467 g/mol. The van der Waals surface area contributed by atoms with Gasteiger partial charge in [0.05, 0.1) is 5.56 Å². The van der Waals surface area contributed by atoms with Crippen LogP contribution in [0.15, 0.2) is 28.0 Å². The summed E-state index contributed by atoms with van der Waals surface area (Å²) in [5.41, 5.74) is -2.59. The second-order valence-electron chi connectivity index (χ2n) is 6.83. The number of amidine groups is 1. The SMILES string of the molecule is NS(=O)(=O)NC1(CCNc2nonc2C(=NO)Nc2ccc(F)c(C(F)(F)F)c2)CC1. The highest BCUT2D eigenvalue weighted by Crippen LogP contribution is 2.39. The smallest absolute Gasteiger partial charge is 0.409 e. The number of oxime groups is 1. The van der Waals surface area contributed by atoms with Crippen molar-refractivity contribution in [2.45, 2.75) is 31.0 Å². The Morgan fingerprint density at radius 2 is 2.03 bits per heavy atom. The predicted molar refractivity (Wildman–Crippen MR) is 99.0 cm³/mol. The molecule has 0 saturated heterocycles. The third-order valence-electron chi connectivity index (χ3n) is 4.46. The first-order chi connectivity index (χ1) is 14.4. The van der Waals surface area contributed by atoms with Crippen molar-refractivity contribution in [2.24, 2.45) is 10.3 Å². The van der Waals surface area contributed by atoms with Crippen LogP contribution in [-0.4, -0.2) is 41.9 Å². The molecule has 170 valence electrons. The summed E-state index contributed by atoms with van der Waals surface area (Å²) in [7, 11) is -3.87. The fourth-order valence-electron chi connectivity index (χ4n) is 2.82. The van der Waals surface area contributed by atoms with E-state index in [-0.39, 0.29) is 23.7 Å². The standard InChI is InChI=1S/C15H17F4N7O4S/c16-10-2-1-8(7-9(10)15(17,18)19)22-13(23-27)11-12(25-30-24-11)21-6-5-14(3-4-14)26-31(20,28)29/h1-2,7,26-27H,3-6H2,(H,21,25)(H,22,23)(H2,20,28,29). The Kier molecular flexibility index (Phi) is 6.06. The van der Waals surface area contributed by atoms with Gasteiger partial charge in [-0.05, 0) is 47.8 Å². The summed E-state index contributed by atoms with van der Waals surface area (Å²) >= 11 is 0. The van der Waals surface area contributed by atoms with Crippen molar-refractivity contribution in [1.82, 2.24) is 15.0 Å². The summed E-state index contributed by atoms with van der Waals surface area (Å²) in [4.78, 5) is 0. The lowest BCUT2D eigenvalue weighted by atomic mass is 10.1. The van der Waals surface area contributed by atoms with Gasteiger partial charge >= 0.3 is 6.18 Å². The number of halogens is 4. The molecule has 1 heterocycles. The second-order valence-corrected chi connectivity index (χ2v) is 8.13. The molecular weight excluding hydrogens is 450 g/mol. The number of nitrogens with two attached hydrogens (primary N) is 1. The molecular formula is C15H17F4N7O4S. The van der Waals surface area contributed by atoms with Crippen LogP contribution in [0.2, 0.25) is 0 Å². The number of benzene rings is 1. The van der Waals surface area contributed by atoms with Gasteiger partial charge in [-0.1, -0.05) is 5.16 Å². The first-order valence-corrected chi connectivity index (χ1v) is 10.2. The van der Waals surface area contributed by atoms with E-state index in [9.17, 15) is 31.2 Å². The van der Waals surface area contributed by atoms with Crippen LogP contribution in [0, 0.1) is 5.82 Å².